The molecule has 0 aromatic rings. The lowest BCUT2D eigenvalue weighted by Crippen LogP contribution is -2.49. The Bertz CT molecular complexity index is 333. The van der Waals surface area contributed by atoms with Crippen LogP contribution in [0, 0.1) is 17.8 Å². The molecule has 0 spiro atoms. The van der Waals surface area contributed by atoms with Gasteiger partial charge in [-0.1, -0.05) is 6.92 Å². The van der Waals surface area contributed by atoms with Gasteiger partial charge in [-0.25, -0.2) is 4.79 Å². The third kappa shape index (κ3) is 2.00. The van der Waals surface area contributed by atoms with Crippen molar-refractivity contribution in [3.63, 3.8) is 0 Å². The summed E-state index contributed by atoms with van der Waals surface area (Å²) in [5.41, 5.74) is 0. The lowest BCUT2D eigenvalue weighted by molar-refractivity contribution is 0.125. The predicted molar refractivity (Wildman–Crippen MR) is 71.4 cm³/mol. The third-order valence-electron chi connectivity index (χ3n) is 5.11. The molecule has 4 nitrogen and oxygen atoms in total. The Morgan fingerprint density at radius 2 is 2.06 bits per heavy atom. The normalized spacial score (nSPS) is 40.1. The van der Waals surface area contributed by atoms with Crippen LogP contribution in [-0.2, 0) is 0 Å². The number of urea groups is 1. The highest BCUT2D eigenvalue weighted by Gasteiger charge is 2.44. The first-order valence-electron chi connectivity index (χ1n) is 7.43. The van der Waals surface area contributed by atoms with E-state index in [-0.39, 0.29) is 0 Å². The molecule has 4 heteroatoms. The largest absolute Gasteiger partial charge is 0.324 e. The summed E-state index contributed by atoms with van der Waals surface area (Å²) in [4.78, 5) is 16.8. The van der Waals surface area contributed by atoms with Crippen LogP contribution in [0.15, 0.2) is 0 Å². The second-order valence-electron chi connectivity index (χ2n) is 6.45. The van der Waals surface area contributed by atoms with Gasteiger partial charge in [0.2, 0.25) is 0 Å². The van der Waals surface area contributed by atoms with Crippen molar-refractivity contribution in [3.05, 3.63) is 0 Å². The molecule has 3 aliphatic rings. The molecule has 102 valence electrons. The van der Waals surface area contributed by atoms with Gasteiger partial charge in [0.05, 0.1) is 0 Å². The van der Waals surface area contributed by atoms with Crippen LogP contribution in [0.2, 0.25) is 0 Å². The summed E-state index contributed by atoms with van der Waals surface area (Å²) in [5, 5.41) is 3.45. The zero-order valence-electron chi connectivity index (χ0n) is 11.6. The number of amides is 2. The smallest absolute Gasteiger partial charge is 0.320 e. The molecule has 4 atom stereocenters. The standard InChI is InChI=1S/C14H25N3O/c1-10-4-3-5-16(8-10)14(18)17-9-12-6-15-7-13(12)11(17)2/h10-13,15H,3-9H2,1-2H3. The third-order valence-corrected chi connectivity index (χ3v) is 5.11. The summed E-state index contributed by atoms with van der Waals surface area (Å²) in [7, 11) is 0. The van der Waals surface area contributed by atoms with E-state index < -0.39 is 0 Å². The monoisotopic (exact) mass is 251 g/mol. The van der Waals surface area contributed by atoms with Crippen LogP contribution < -0.4 is 5.32 Å². The van der Waals surface area contributed by atoms with Gasteiger partial charge in [0, 0.05) is 38.8 Å². The molecule has 18 heavy (non-hydrogen) atoms. The van der Waals surface area contributed by atoms with E-state index in [1.165, 1.54) is 12.8 Å². The molecule has 1 N–H and O–H groups in total. The van der Waals surface area contributed by atoms with Gasteiger partial charge in [0.15, 0.2) is 0 Å². The van der Waals surface area contributed by atoms with Gasteiger partial charge in [-0.3, -0.25) is 0 Å². The summed E-state index contributed by atoms with van der Waals surface area (Å²) in [6.07, 6.45) is 2.44. The van der Waals surface area contributed by atoms with Gasteiger partial charge < -0.3 is 15.1 Å². The van der Waals surface area contributed by atoms with Crippen molar-refractivity contribution in [2.45, 2.75) is 32.7 Å². The number of likely N-dealkylation sites (tertiary alicyclic amines) is 2. The number of nitrogens with one attached hydrogen (secondary N) is 1. The number of carbonyl (C=O) groups is 1. The Balaban J connectivity index is 1.66. The highest BCUT2D eigenvalue weighted by Crippen LogP contribution is 2.33. The average Bonchev–Trinajstić information content (AvgIpc) is 2.92. The van der Waals surface area contributed by atoms with Gasteiger partial charge in [-0.05, 0) is 37.5 Å². The fourth-order valence-electron chi connectivity index (χ4n) is 3.96. The average molecular weight is 251 g/mol. The lowest BCUT2D eigenvalue weighted by atomic mass is 9.95. The van der Waals surface area contributed by atoms with Gasteiger partial charge in [0.25, 0.3) is 0 Å². The zero-order chi connectivity index (χ0) is 12.7. The quantitative estimate of drug-likeness (QED) is 0.706. The van der Waals surface area contributed by atoms with E-state index >= 15 is 0 Å². The van der Waals surface area contributed by atoms with E-state index in [4.69, 9.17) is 0 Å². The minimum atomic E-state index is 0.295. The minimum absolute atomic E-state index is 0.295. The Labute approximate surface area is 110 Å². The molecule has 0 aromatic heterocycles. The van der Waals surface area contributed by atoms with Crippen LogP contribution in [-0.4, -0.2) is 54.6 Å². The molecule has 2 amide bonds. The van der Waals surface area contributed by atoms with E-state index in [2.05, 4.69) is 29.0 Å². The van der Waals surface area contributed by atoms with Gasteiger partial charge in [-0.2, -0.15) is 0 Å². The van der Waals surface area contributed by atoms with Crippen molar-refractivity contribution >= 4 is 6.03 Å². The van der Waals surface area contributed by atoms with E-state index in [9.17, 15) is 4.79 Å². The topological polar surface area (TPSA) is 35.6 Å². The maximum Gasteiger partial charge on any atom is 0.320 e. The minimum Gasteiger partial charge on any atom is -0.324 e. The number of fused-ring (bicyclic) bond motifs is 1. The van der Waals surface area contributed by atoms with E-state index in [0.29, 0.717) is 29.8 Å². The van der Waals surface area contributed by atoms with Crippen molar-refractivity contribution in [2.75, 3.05) is 32.7 Å². The molecule has 3 heterocycles. The Morgan fingerprint density at radius 1 is 1.22 bits per heavy atom. The first-order chi connectivity index (χ1) is 8.66. The van der Waals surface area contributed by atoms with Crippen LogP contribution in [0.25, 0.3) is 0 Å². The number of hydrogen-bond acceptors (Lipinski definition) is 2. The number of piperidine rings is 1. The van der Waals surface area contributed by atoms with Crippen LogP contribution in [0.1, 0.15) is 26.7 Å². The molecule has 0 radical (unpaired) electrons. The van der Waals surface area contributed by atoms with Crippen molar-refractivity contribution in [3.8, 4) is 0 Å². The molecule has 0 aromatic carbocycles. The summed E-state index contributed by atoms with van der Waals surface area (Å²) in [5.74, 6) is 2.03. The van der Waals surface area contributed by atoms with Crippen molar-refractivity contribution in [1.29, 1.82) is 0 Å². The molecule has 0 aliphatic carbocycles. The van der Waals surface area contributed by atoms with Crippen molar-refractivity contribution in [1.82, 2.24) is 15.1 Å². The highest BCUT2D eigenvalue weighted by molar-refractivity contribution is 5.75. The number of hydrogen-bond donors (Lipinski definition) is 1. The van der Waals surface area contributed by atoms with E-state index in [0.717, 1.165) is 32.7 Å². The summed E-state index contributed by atoms with van der Waals surface area (Å²) in [6, 6.07) is 0.707. The Kier molecular flexibility index (Phi) is 3.22. The maximum atomic E-state index is 12.6. The molecule has 3 aliphatic heterocycles. The molecule has 4 unspecified atom stereocenters. The Hall–Kier alpha value is -0.770. The Morgan fingerprint density at radius 3 is 2.78 bits per heavy atom. The summed E-state index contributed by atoms with van der Waals surface area (Å²) >= 11 is 0. The highest BCUT2D eigenvalue weighted by atomic mass is 16.2. The SMILES string of the molecule is CC1CCCN(C(=O)N2CC3CNCC3C2C)C1. The first kappa shape index (κ1) is 12.3. The van der Waals surface area contributed by atoms with E-state index in [1.807, 2.05) is 0 Å². The van der Waals surface area contributed by atoms with Crippen LogP contribution in [0.4, 0.5) is 4.79 Å². The van der Waals surface area contributed by atoms with E-state index in [1.54, 1.807) is 0 Å². The fourth-order valence-corrected chi connectivity index (χ4v) is 3.96. The molecule has 3 fully saturated rings. The molecule has 0 bridgehead atoms. The second kappa shape index (κ2) is 4.72. The zero-order valence-corrected chi connectivity index (χ0v) is 11.6. The summed E-state index contributed by atoms with van der Waals surface area (Å²) < 4.78 is 0. The molecule has 3 rings (SSSR count). The molecule has 3 saturated heterocycles. The van der Waals surface area contributed by atoms with Crippen molar-refractivity contribution < 1.29 is 4.79 Å². The molecular formula is C14H25N3O. The summed E-state index contributed by atoms with van der Waals surface area (Å²) in [6.45, 7) is 9.54. The molecule has 0 saturated carbocycles. The van der Waals surface area contributed by atoms with Gasteiger partial charge >= 0.3 is 6.03 Å². The maximum absolute atomic E-state index is 12.6. The number of rotatable bonds is 0. The van der Waals surface area contributed by atoms with Crippen LogP contribution >= 0.6 is 0 Å². The van der Waals surface area contributed by atoms with Crippen molar-refractivity contribution in [2.24, 2.45) is 17.8 Å². The first-order valence-corrected chi connectivity index (χ1v) is 7.43. The lowest BCUT2D eigenvalue weighted by Gasteiger charge is -2.36. The molecular weight excluding hydrogens is 226 g/mol. The second-order valence-corrected chi connectivity index (χ2v) is 6.45. The van der Waals surface area contributed by atoms with Crippen LogP contribution in [0.5, 0.6) is 0 Å². The van der Waals surface area contributed by atoms with Crippen LogP contribution in [0.3, 0.4) is 0 Å². The predicted octanol–water partition coefficient (Wildman–Crippen LogP) is 1.38. The fraction of sp³-hybridized carbons (Fsp3) is 0.929. The number of nitrogens with zero attached hydrogens (tertiary/aromatic N) is 2. The number of carbonyl (C=O) groups excluding carboxylic acids is 1. The van der Waals surface area contributed by atoms with Gasteiger partial charge in [-0.15, -0.1) is 0 Å². The van der Waals surface area contributed by atoms with Gasteiger partial charge in [0.1, 0.15) is 0 Å².